The Hall–Kier alpha value is -0.920. The highest BCUT2D eigenvalue weighted by molar-refractivity contribution is 9.11. The van der Waals surface area contributed by atoms with Gasteiger partial charge in [-0.25, -0.2) is 8.78 Å². The first-order valence-electron chi connectivity index (χ1n) is 5.78. The summed E-state index contributed by atoms with van der Waals surface area (Å²) in [4.78, 5) is 12.1. The van der Waals surface area contributed by atoms with Crippen LogP contribution in [0.5, 0.6) is 0 Å². The Balaban J connectivity index is 1.96. The van der Waals surface area contributed by atoms with Gasteiger partial charge in [0.1, 0.15) is 11.6 Å². The zero-order valence-corrected chi connectivity index (χ0v) is 14.5. The number of thioether (sulfide) groups is 1. The zero-order valence-electron chi connectivity index (χ0n) is 10.5. The smallest absolute Gasteiger partial charge is 0.234 e. The van der Waals surface area contributed by atoms with Crippen molar-refractivity contribution in [1.82, 2.24) is 0 Å². The van der Waals surface area contributed by atoms with E-state index in [9.17, 15) is 13.6 Å². The van der Waals surface area contributed by atoms with E-state index in [1.165, 1.54) is 6.07 Å². The van der Waals surface area contributed by atoms with Gasteiger partial charge in [0, 0.05) is 19.9 Å². The molecule has 2 rings (SSSR count). The first-order chi connectivity index (χ1) is 9.95. The molecule has 0 aliphatic heterocycles. The molecule has 1 amide bonds. The number of halogens is 4. The van der Waals surface area contributed by atoms with Crippen LogP contribution in [0.15, 0.2) is 50.2 Å². The third-order valence-electron chi connectivity index (χ3n) is 2.46. The van der Waals surface area contributed by atoms with E-state index in [4.69, 9.17) is 0 Å². The normalized spacial score (nSPS) is 10.5. The van der Waals surface area contributed by atoms with Crippen molar-refractivity contribution in [2.45, 2.75) is 4.90 Å². The van der Waals surface area contributed by atoms with Crippen LogP contribution in [0.2, 0.25) is 0 Å². The summed E-state index contributed by atoms with van der Waals surface area (Å²) >= 11 is 7.67. The molecule has 0 unspecified atom stereocenters. The molecule has 0 saturated heterocycles. The van der Waals surface area contributed by atoms with Gasteiger partial charge in [-0.3, -0.25) is 4.79 Å². The van der Waals surface area contributed by atoms with E-state index in [2.05, 4.69) is 37.2 Å². The maximum absolute atomic E-state index is 13.4. The van der Waals surface area contributed by atoms with Crippen LogP contribution in [0.25, 0.3) is 0 Å². The molecule has 0 aliphatic carbocycles. The van der Waals surface area contributed by atoms with E-state index in [0.29, 0.717) is 5.69 Å². The van der Waals surface area contributed by atoms with Crippen molar-refractivity contribution in [3.8, 4) is 0 Å². The number of hydrogen-bond acceptors (Lipinski definition) is 2. The van der Waals surface area contributed by atoms with Gasteiger partial charge in [0.25, 0.3) is 0 Å². The molecule has 2 nitrogen and oxygen atoms in total. The van der Waals surface area contributed by atoms with Gasteiger partial charge < -0.3 is 5.32 Å². The molecule has 0 fully saturated rings. The van der Waals surface area contributed by atoms with Crippen molar-refractivity contribution >= 4 is 55.2 Å². The Morgan fingerprint density at radius 2 is 1.90 bits per heavy atom. The van der Waals surface area contributed by atoms with Crippen LogP contribution < -0.4 is 5.32 Å². The molecule has 7 heteroatoms. The van der Waals surface area contributed by atoms with E-state index in [0.717, 1.165) is 32.8 Å². The van der Waals surface area contributed by atoms with E-state index in [1.54, 1.807) is 12.1 Å². The number of rotatable bonds is 4. The van der Waals surface area contributed by atoms with Crippen LogP contribution in [0.3, 0.4) is 0 Å². The predicted octanol–water partition coefficient (Wildman–Crippen LogP) is 5.22. The molecular weight excluding hydrogens is 428 g/mol. The van der Waals surface area contributed by atoms with Gasteiger partial charge in [0.15, 0.2) is 0 Å². The zero-order chi connectivity index (χ0) is 15.4. The minimum Gasteiger partial charge on any atom is -0.324 e. The van der Waals surface area contributed by atoms with E-state index in [-0.39, 0.29) is 16.6 Å². The van der Waals surface area contributed by atoms with Crippen LogP contribution in [0, 0.1) is 11.6 Å². The second-order valence-electron chi connectivity index (χ2n) is 4.04. The molecule has 0 heterocycles. The summed E-state index contributed by atoms with van der Waals surface area (Å²) in [6.45, 7) is 0. The van der Waals surface area contributed by atoms with Gasteiger partial charge in [-0.2, -0.15) is 0 Å². The van der Waals surface area contributed by atoms with Crippen LogP contribution in [-0.2, 0) is 4.79 Å². The summed E-state index contributed by atoms with van der Waals surface area (Å²) in [7, 11) is 0. The lowest BCUT2D eigenvalue weighted by molar-refractivity contribution is -0.113. The van der Waals surface area contributed by atoms with Crippen molar-refractivity contribution in [2.24, 2.45) is 0 Å². The number of nitrogens with one attached hydrogen (secondary N) is 1. The summed E-state index contributed by atoms with van der Waals surface area (Å²) in [6, 6.07) is 8.63. The number of anilines is 1. The van der Waals surface area contributed by atoms with Crippen molar-refractivity contribution in [1.29, 1.82) is 0 Å². The molecule has 2 aromatic rings. The van der Waals surface area contributed by atoms with Gasteiger partial charge in [0.2, 0.25) is 5.91 Å². The molecule has 0 bridgehead atoms. The second-order valence-corrected chi connectivity index (χ2v) is 6.82. The van der Waals surface area contributed by atoms with Gasteiger partial charge in [-0.1, -0.05) is 15.9 Å². The quantitative estimate of drug-likeness (QED) is 0.665. The number of benzene rings is 2. The molecule has 0 aliphatic rings. The molecule has 21 heavy (non-hydrogen) atoms. The topological polar surface area (TPSA) is 29.1 Å². The lowest BCUT2D eigenvalue weighted by Crippen LogP contribution is -2.14. The Morgan fingerprint density at radius 1 is 1.14 bits per heavy atom. The first-order valence-corrected chi connectivity index (χ1v) is 8.35. The van der Waals surface area contributed by atoms with Crippen LogP contribution in [0.4, 0.5) is 14.5 Å². The van der Waals surface area contributed by atoms with Crippen molar-refractivity contribution in [3.05, 3.63) is 57.0 Å². The highest BCUT2D eigenvalue weighted by atomic mass is 79.9. The average Bonchev–Trinajstić information content (AvgIpc) is 2.41. The summed E-state index contributed by atoms with van der Waals surface area (Å²) in [5.41, 5.74) is 0.628. The van der Waals surface area contributed by atoms with E-state index >= 15 is 0 Å². The summed E-state index contributed by atoms with van der Waals surface area (Å²) in [5.74, 6) is -1.55. The van der Waals surface area contributed by atoms with Gasteiger partial charge in [-0.05, 0) is 46.3 Å². The second kappa shape index (κ2) is 7.38. The molecule has 0 atom stereocenters. The molecule has 0 spiro atoms. The van der Waals surface area contributed by atoms with Crippen LogP contribution in [0.1, 0.15) is 0 Å². The standard InChI is InChI=1S/C14H9Br2F2NOS/c15-8-1-3-12(10(16)5-8)19-14(20)7-21-13-4-2-9(17)6-11(13)18/h1-6H,7H2,(H,19,20). The molecule has 1 N–H and O–H groups in total. The van der Waals surface area contributed by atoms with Crippen molar-refractivity contribution < 1.29 is 13.6 Å². The highest BCUT2D eigenvalue weighted by Gasteiger charge is 2.09. The predicted molar refractivity (Wildman–Crippen MR) is 87.6 cm³/mol. The Kier molecular flexibility index (Phi) is 5.78. The molecule has 0 aromatic heterocycles. The minimum atomic E-state index is -0.669. The summed E-state index contributed by atoms with van der Waals surface area (Å²) in [6.07, 6.45) is 0. The molecule has 0 radical (unpaired) electrons. The Bertz CT molecular complexity index is 682. The fourth-order valence-electron chi connectivity index (χ4n) is 1.51. The van der Waals surface area contributed by atoms with Gasteiger partial charge in [-0.15, -0.1) is 11.8 Å². The highest BCUT2D eigenvalue weighted by Crippen LogP contribution is 2.27. The third-order valence-corrected chi connectivity index (χ3v) is 4.66. The lowest BCUT2D eigenvalue weighted by atomic mass is 10.3. The van der Waals surface area contributed by atoms with Crippen molar-refractivity contribution in [2.75, 3.05) is 11.1 Å². The van der Waals surface area contributed by atoms with E-state index in [1.807, 2.05) is 6.07 Å². The monoisotopic (exact) mass is 435 g/mol. The molecule has 0 saturated carbocycles. The molecular formula is C14H9Br2F2NOS. The van der Waals surface area contributed by atoms with E-state index < -0.39 is 11.6 Å². The average molecular weight is 437 g/mol. The van der Waals surface area contributed by atoms with Crippen LogP contribution in [-0.4, -0.2) is 11.7 Å². The Labute approximate surface area is 141 Å². The first kappa shape index (κ1) is 16.5. The summed E-state index contributed by atoms with van der Waals surface area (Å²) < 4.78 is 27.8. The number of carbonyl (C=O) groups excluding carboxylic acids is 1. The van der Waals surface area contributed by atoms with Crippen LogP contribution >= 0.6 is 43.6 Å². The molecule has 110 valence electrons. The fourth-order valence-corrected chi connectivity index (χ4v) is 3.38. The Morgan fingerprint density at radius 3 is 2.57 bits per heavy atom. The van der Waals surface area contributed by atoms with Gasteiger partial charge in [0.05, 0.1) is 11.4 Å². The lowest BCUT2D eigenvalue weighted by Gasteiger charge is -2.08. The third kappa shape index (κ3) is 4.79. The number of hydrogen-bond donors (Lipinski definition) is 1. The number of amides is 1. The fraction of sp³-hybridized carbons (Fsp3) is 0.0714. The maximum Gasteiger partial charge on any atom is 0.234 e. The van der Waals surface area contributed by atoms with Crippen molar-refractivity contribution in [3.63, 3.8) is 0 Å². The largest absolute Gasteiger partial charge is 0.324 e. The molecule has 2 aromatic carbocycles. The number of carbonyl (C=O) groups is 1. The minimum absolute atomic E-state index is 0.0328. The van der Waals surface area contributed by atoms with Gasteiger partial charge >= 0.3 is 0 Å². The summed E-state index contributed by atoms with van der Waals surface area (Å²) in [5, 5.41) is 2.71. The SMILES string of the molecule is O=C(CSc1ccc(F)cc1F)Nc1ccc(Br)cc1Br. The maximum atomic E-state index is 13.4.